The molecule has 3 rings (SSSR count). The average Bonchev–Trinajstić information content (AvgIpc) is 2.97. The molecule has 0 bridgehead atoms. The fourth-order valence-corrected chi connectivity index (χ4v) is 3.04. The topological polar surface area (TPSA) is 101 Å². The molecule has 2 heterocycles. The van der Waals surface area contributed by atoms with Gasteiger partial charge in [-0.25, -0.2) is 4.98 Å². The van der Waals surface area contributed by atoms with Crippen LogP contribution in [0.5, 0.6) is 0 Å². The van der Waals surface area contributed by atoms with E-state index < -0.39 is 0 Å². The fraction of sp³-hybridized carbons (Fsp3) is 0.250. The maximum Gasteiger partial charge on any atom is 0.142 e. The van der Waals surface area contributed by atoms with E-state index >= 15 is 0 Å². The number of anilines is 1. The quantitative estimate of drug-likeness (QED) is 0.755. The van der Waals surface area contributed by atoms with Crippen LogP contribution in [0.2, 0.25) is 0 Å². The van der Waals surface area contributed by atoms with Crippen molar-refractivity contribution in [3.63, 3.8) is 0 Å². The molecule has 6 heteroatoms. The predicted molar refractivity (Wildman–Crippen MR) is 101 cm³/mol. The number of aromatic nitrogens is 3. The lowest BCUT2D eigenvalue weighted by Gasteiger charge is -2.12. The Labute approximate surface area is 152 Å². The number of hydrogen-bond donors (Lipinski definition) is 2. The van der Waals surface area contributed by atoms with Gasteiger partial charge in [0.1, 0.15) is 17.5 Å². The van der Waals surface area contributed by atoms with Gasteiger partial charge in [-0.1, -0.05) is 17.7 Å². The van der Waals surface area contributed by atoms with Crippen molar-refractivity contribution in [1.82, 2.24) is 14.8 Å². The number of pyridine rings is 1. The van der Waals surface area contributed by atoms with Crippen molar-refractivity contribution in [3.05, 3.63) is 52.8 Å². The lowest BCUT2D eigenvalue weighted by molar-refractivity contribution is 0.269. The molecule has 26 heavy (non-hydrogen) atoms. The molecule has 0 unspecified atom stereocenters. The highest BCUT2D eigenvalue weighted by Crippen LogP contribution is 2.33. The normalized spacial score (nSPS) is 10.7. The Bertz CT molecular complexity index is 1010. The molecule has 132 valence electrons. The van der Waals surface area contributed by atoms with E-state index in [9.17, 15) is 5.26 Å². The largest absolute Gasteiger partial charge is 0.394 e. The van der Waals surface area contributed by atoms with Crippen molar-refractivity contribution in [2.24, 2.45) is 0 Å². The number of nitriles is 1. The van der Waals surface area contributed by atoms with E-state index in [2.05, 4.69) is 28.3 Å². The Morgan fingerprint density at radius 2 is 1.92 bits per heavy atom. The van der Waals surface area contributed by atoms with E-state index in [1.165, 1.54) is 0 Å². The molecule has 6 nitrogen and oxygen atoms in total. The smallest absolute Gasteiger partial charge is 0.142 e. The summed E-state index contributed by atoms with van der Waals surface area (Å²) < 4.78 is 1.67. The maximum atomic E-state index is 9.58. The van der Waals surface area contributed by atoms with Crippen LogP contribution in [0, 0.1) is 32.1 Å². The number of nitrogens with two attached hydrogens (primary N) is 1. The Morgan fingerprint density at radius 1 is 1.15 bits per heavy atom. The molecule has 0 saturated carbocycles. The van der Waals surface area contributed by atoms with Crippen LogP contribution in [-0.4, -0.2) is 26.5 Å². The standard InChI is InChI=1S/C20H21N5O/c1-12-4-5-13(2)15(8-12)19-9-16(17(10-21)20(22)23-19)18-11-25(6-7-26)24-14(18)3/h4-5,8-9,11,26H,6-7H2,1-3H3,(H2,22,23). The molecule has 0 atom stereocenters. The van der Waals surface area contributed by atoms with Gasteiger partial charge in [0, 0.05) is 22.9 Å². The average molecular weight is 347 g/mol. The zero-order valence-electron chi connectivity index (χ0n) is 15.1. The van der Waals surface area contributed by atoms with E-state index in [1.54, 1.807) is 4.68 Å². The van der Waals surface area contributed by atoms with E-state index in [-0.39, 0.29) is 12.4 Å². The Balaban J connectivity index is 2.24. The summed E-state index contributed by atoms with van der Waals surface area (Å²) in [5.41, 5.74) is 12.7. The number of aliphatic hydroxyl groups excluding tert-OH is 1. The first-order valence-electron chi connectivity index (χ1n) is 8.38. The van der Waals surface area contributed by atoms with Gasteiger partial charge in [-0.3, -0.25) is 4.68 Å². The second-order valence-electron chi connectivity index (χ2n) is 6.36. The van der Waals surface area contributed by atoms with Crippen LogP contribution < -0.4 is 5.73 Å². The molecule has 0 aliphatic carbocycles. The molecular formula is C20H21N5O. The van der Waals surface area contributed by atoms with Gasteiger partial charge in [0.25, 0.3) is 0 Å². The molecule has 2 aromatic heterocycles. The summed E-state index contributed by atoms with van der Waals surface area (Å²) in [5.74, 6) is 0.204. The molecule has 0 spiro atoms. The minimum atomic E-state index is -0.00210. The summed E-state index contributed by atoms with van der Waals surface area (Å²) in [6, 6.07) is 10.2. The molecule has 0 radical (unpaired) electrons. The number of aryl methyl sites for hydroxylation is 3. The van der Waals surface area contributed by atoms with Crippen molar-refractivity contribution in [2.75, 3.05) is 12.3 Å². The molecule has 0 saturated heterocycles. The highest BCUT2D eigenvalue weighted by Gasteiger charge is 2.18. The summed E-state index contributed by atoms with van der Waals surface area (Å²) in [4.78, 5) is 4.46. The van der Waals surface area contributed by atoms with E-state index in [0.717, 1.165) is 33.6 Å². The number of rotatable bonds is 4. The fourth-order valence-electron chi connectivity index (χ4n) is 3.04. The zero-order valence-corrected chi connectivity index (χ0v) is 15.1. The summed E-state index contributed by atoms with van der Waals surface area (Å²) in [7, 11) is 0. The minimum Gasteiger partial charge on any atom is -0.394 e. The third-order valence-electron chi connectivity index (χ3n) is 4.39. The molecule has 3 aromatic rings. The first-order chi connectivity index (χ1) is 12.4. The van der Waals surface area contributed by atoms with Gasteiger partial charge < -0.3 is 10.8 Å². The van der Waals surface area contributed by atoms with Crippen LogP contribution in [0.3, 0.4) is 0 Å². The number of aliphatic hydroxyl groups is 1. The summed E-state index contributed by atoms with van der Waals surface area (Å²) in [6.45, 7) is 6.32. The number of benzene rings is 1. The third kappa shape index (κ3) is 3.17. The maximum absolute atomic E-state index is 9.58. The number of hydrogen-bond acceptors (Lipinski definition) is 5. The van der Waals surface area contributed by atoms with Crippen LogP contribution >= 0.6 is 0 Å². The minimum absolute atomic E-state index is 0.00210. The SMILES string of the molecule is Cc1ccc(C)c(-c2cc(-c3cn(CCO)nc3C)c(C#N)c(N)n2)c1. The lowest BCUT2D eigenvalue weighted by Crippen LogP contribution is -2.02. The number of nitrogens with zero attached hydrogens (tertiary/aromatic N) is 4. The number of nitrogen functional groups attached to an aromatic ring is 1. The monoisotopic (exact) mass is 347 g/mol. The molecule has 0 amide bonds. The van der Waals surface area contributed by atoms with Gasteiger partial charge in [0.15, 0.2) is 0 Å². The summed E-state index contributed by atoms with van der Waals surface area (Å²) in [5, 5.41) is 23.1. The van der Waals surface area contributed by atoms with Crippen molar-refractivity contribution in [2.45, 2.75) is 27.3 Å². The third-order valence-corrected chi connectivity index (χ3v) is 4.39. The van der Waals surface area contributed by atoms with Crippen LogP contribution in [0.4, 0.5) is 5.82 Å². The molecular weight excluding hydrogens is 326 g/mol. The van der Waals surface area contributed by atoms with Gasteiger partial charge in [0.2, 0.25) is 0 Å². The van der Waals surface area contributed by atoms with Gasteiger partial charge >= 0.3 is 0 Å². The second kappa shape index (κ2) is 6.98. The van der Waals surface area contributed by atoms with Crippen molar-refractivity contribution >= 4 is 5.82 Å². The van der Waals surface area contributed by atoms with E-state index in [0.29, 0.717) is 17.7 Å². The van der Waals surface area contributed by atoms with E-state index in [1.807, 2.05) is 39.1 Å². The van der Waals surface area contributed by atoms with Crippen LogP contribution in [0.25, 0.3) is 22.4 Å². The van der Waals surface area contributed by atoms with Gasteiger partial charge in [-0.2, -0.15) is 10.4 Å². The van der Waals surface area contributed by atoms with Gasteiger partial charge in [0.05, 0.1) is 24.5 Å². The first kappa shape index (κ1) is 17.6. The molecule has 3 N–H and O–H groups in total. The highest BCUT2D eigenvalue weighted by molar-refractivity contribution is 5.81. The Hall–Kier alpha value is -3.17. The molecule has 0 aliphatic rings. The second-order valence-corrected chi connectivity index (χ2v) is 6.36. The predicted octanol–water partition coefficient (Wildman–Crippen LogP) is 2.98. The Kier molecular flexibility index (Phi) is 4.74. The molecule has 0 fully saturated rings. The van der Waals surface area contributed by atoms with Crippen molar-refractivity contribution in [1.29, 1.82) is 5.26 Å². The summed E-state index contributed by atoms with van der Waals surface area (Å²) >= 11 is 0. The zero-order chi connectivity index (χ0) is 18.8. The van der Waals surface area contributed by atoms with Crippen LogP contribution in [0.1, 0.15) is 22.4 Å². The van der Waals surface area contributed by atoms with Gasteiger partial charge in [-0.15, -0.1) is 0 Å². The van der Waals surface area contributed by atoms with E-state index in [4.69, 9.17) is 10.8 Å². The molecule has 1 aromatic carbocycles. The van der Waals surface area contributed by atoms with Gasteiger partial charge in [-0.05, 0) is 38.5 Å². The highest BCUT2D eigenvalue weighted by atomic mass is 16.3. The summed E-state index contributed by atoms with van der Waals surface area (Å²) in [6.07, 6.45) is 1.83. The Morgan fingerprint density at radius 3 is 2.62 bits per heavy atom. The van der Waals surface area contributed by atoms with Crippen molar-refractivity contribution < 1.29 is 5.11 Å². The first-order valence-corrected chi connectivity index (χ1v) is 8.38. The lowest BCUT2D eigenvalue weighted by atomic mass is 9.96. The van der Waals surface area contributed by atoms with Crippen LogP contribution in [-0.2, 0) is 6.54 Å². The van der Waals surface area contributed by atoms with Crippen LogP contribution in [0.15, 0.2) is 30.5 Å². The molecule has 0 aliphatic heterocycles. The van der Waals surface area contributed by atoms with Crippen molar-refractivity contribution in [3.8, 4) is 28.5 Å².